The Balaban J connectivity index is 3.18. The SMILES string of the molecule is Cc1c(C=O)coc1Br. The van der Waals surface area contributed by atoms with Crippen LogP contribution in [0.1, 0.15) is 15.9 Å². The topological polar surface area (TPSA) is 30.2 Å². The molecule has 9 heavy (non-hydrogen) atoms. The standard InChI is InChI=1S/C6H5BrO2/c1-4-5(2-8)3-9-6(4)7/h2-3H,1H3. The molecule has 0 N–H and O–H groups in total. The summed E-state index contributed by atoms with van der Waals surface area (Å²) in [6.45, 7) is 1.82. The van der Waals surface area contributed by atoms with Gasteiger partial charge in [0, 0.05) is 5.56 Å². The van der Waals surface area contributed by atoms with Crippen LogP contribution in [0.4, 0.5) is 0 Å². The first-order chi connectivity index (χ1) is 4.25. The summed E-state index contributed by atoms with van der Waals surface area (Å²) < 4.78 is 5.50. The van der Waals surface area contributed by atoms with E-state index >= 15 is 0 Å². The van der Waals surface area contributed by atoms with E-state index in [1.807, 2.05) is 6.92 Å². The lowest BCUT2D eigenvalue weighted by molar-refractivity contribution is 0.112. The van der Waals surface area contributed by atoms with E-state index in [-0.39, 0.29) is 0 Å². The van der Waals surface area contributed by atoms with Gasteiger partial charge in [0.25, 0.3) is 0 Å². The summed E-state index contributed by atoms with van der Waals surface area (Å²) in [6.07, 6.45) is 2.19. The first-order valence-corrected chi connectivity index (χ1v) is 3.23. The van der Waals surface area contributed by atoms with Crippen LogP contribution in [-0.4, -0.2) is 6.29 Å². The maximum atomic E-state index is 10.2. The molecule has 1 rings (SSSR count). The molecule has 0 unspecified atom stereocenters. The fourth-order valence-corrected chi connectivity index (χ4v) is 0.844. The maximum absolute atomic E-state index is 10.2. The number of halogens is 1. The van der Waals surface area contributed by atoms with E-state index in [9.17, 15) is 4.79 Å². The van der Waals surface area contributed by atoms with Gasteiger partial charge in [0.15, 0.2) is 11.0 Å². The van der Waals surface area contributed by atoms with Crippen LogP contribution in [-0.2, 0) is 0 Å². The summed E-state index contributed by atoms with van der Waals surface area (Å²) in [6, 6.07) is 0. The molecule has 0 atom stereocenters. The fourth-order valence-electron chi connectivity index (χ4n) is 0.522. The Morgan fingerprint density at radius 3 is 2.67 bits per heavy atom. The fraction of sp³-hybridized carbons (Fsp3) is 0.167. The first-order valence-electron chi connectivity index (χ1n) is 2.44. The van der Waals surface area contributed by atoms with E-state index in [2.05, 4.69) is 15.9 Å². The molecule has 0 radical (unpaired) electrons. The molecule has 3 heteroatoms. The second kappa shape index (κ2) is 2.35. The molecule has 0 saturated carbocycles. The monoisotopic (exact) mass is 188 g/mol. The lowest BCUT2D eigenvalue weighted by Gasteiger charge is -1.81. The van der Waals surface area contributed by atoms with Crippen molar-refractivity contribution in [2.45, 2.75) is 6.92 Å². The maximum Gasteiger partial charge on any atom is 0.172 e. The van der Waals surface area contributed by atoms with Gasteiger partial charge in [-0.1, -0.05) is 0 Å². The number of carbonyl (C=O) groups is 1. The molecule has 1 heterocycles. The van der Waals surface area contributed by atoms with E-state index < -0.39 is 0 Å². The third-order valence-electron chi connectivity index (χ3n) is 1.14. The number of rotatable bonds is 1. The van der Waals surface area contributed by atoms with Gasteiger partial charge in [0.1, 0.15) is 6.26 Å². The summed E-state index contributed by atoms with van der Waals surface area (Å²) in [5.41, 5.74) is 1.45. The highest BCUT2D eigenvalue weighted by Crippen LogP contribution is 2.19. The van der Waals surface area contributed by atoms with E-state index in [0.29, 0.717) is 10.2 Å². The van der Waals surface area contributed by atoms with E-state index in [4.69, 9.17) is 4.42 Å². The molecule has 0 bridgehead atoms. The summed E-state index contributed by atoms with van der Waals surface area (Å²) >= 11 is 3.13. The smallest absolute Gasteiger partial charge is 0.172 e. The Morgan fingerprint density at radius 1 is 1.78 bits per heavy atom. The second-order valence-corrected chi connectivity index (χ2v) is 2.43. The van der Waals surface area contributed by atoms with Crippen LogP contribution >= 0.6 is 15.9 Å². The highest BCUT2D eigenvalue weighted by atomic mass is 79.9. The van der Waals surface area contributed by atoms with Crippen LogP contribution in [0.5, 0.6) is 0 Å². The molecule has 2 nitrogen and oxygen atoms in total. The van der Waals surface area contributed by atoms with Crippen molar-refractivity contribution in [3.05, 3.63) is 22.1 Å². The van der Waals surface area contributed by atoms with Crippen molar-refractivity contribution in [2.75, 3.05) is 0 Å². The lowest BCUT2D eigenvalue weighted by atomic mass is 10.2. The molecule has 0 fully saturated rings. The van der Waals surface area contributed by atoms with Crippen LogP contribution < -0.4 is 0 Å². The molecule has 1 aromatic rings. The Morgan fingerprint density at radius 2 is 2.44 bits per heavy atom. The van der Waals surface area contributed by atoms with Crippen molar-refractivity contribution in [3.8, 4) is 0 Å². The van der Waals surface area contributed by atoms with Crippen LogP contribution in [0.2, 0.25) is 0 Å². The van der Waals surface area contributed by atoms with Gasteiger partial charge in [0.2, 0.25) is 0 Å². The summed E-state index contributed by atoms with van der Waals surface area (Å²) in [5, 5.41) is 0. The summed E-state index contributed by atoms with van der Waals surface area (Å²) in [4.78, 5) is 10.2. The molecule has 0 spiro atoms. The van der Waals surface area contributed by atoms with Crippen LogP contribution in [0.3, 0.4) is 0 Å². The Kier molecular flexibility index (Phi) is 1.71. The van der Waals surface area contributed by atoms with Crippen LogP contribution in [0.15, 0.2) is 15.3 Å². The Bertz CT molecular complexity index is 227. The third kappa shape index (κ3) is 1.05. The highest BCUT2D eigenvalue weighted by molar-refractivity contribution is 9.10. The molecule has 0 aliphatic heterocycles. The molecular weight excluding hydrogens is 184 g/mol. The lowest BCUT2D eigenvalue weighted by Crippen LogP contribution is -1.76. The van der Waals surface area contributed by atoms with E-state index in [1.165, 1.54) is 6.26 Å². The van der Waals surface area contributed by atoms with Crippen LogP contribution in [0, 0.1) is 6.92 Å². The molecular formula is C6H5BrO2. The molecule has 1 aromatic heterocycles. The first kappa shape index (κ1) is 6.55. The quantitative estimate of drug-likeness (QED) is 0.633. The van der Waals surface area contributed by atoms with Gasteiger partial charge in [-0.15, -0.1) is 0 Å². The minimum absolute atomic E-state index is 0.599. The van der Waals surface area contributed by atoms with Gasteiger partial charge in [-0.2, -0.15) is 0 Å². The minimum Gasteiger partial charge on any atom is -0.457 e. The molecule has 0 saturated heterocycles. The van der Waals surface area contributed by atoms with Gasteiger partial charge in [-0.3, -0.25) is 4.79 Å². The van der Waals surface area contributed by atoms with Gasteiger partial charge in [-0.05, 0) is 22.9 Å². The number of furan rings is 1. The zero-order valence-electron chi connectivity index (χ0n) is 4.85. The van der Waals surface area contributed by atoms with Gasteiger partial charge in [0.05, 0.1) is 5.56 Å². The van der Waals surface area contributed by atoms with E-state index in [0.717, 1.165) is 11.8 Å². The highest BCUT2D eigenvalue weighted by Gasteiger charge is 2.03. The largest absolute Gasteiger partial charge is 0.457 e. The van der Waals surface area contributed by atoms with Crippen molar-refractivity contribution < 1.29 is 9.21 Å². The van der Waals surface area contributed by atoms with Gasteiger partial charge >= 0.3 is 0 Å². The number of hydrogen-bond donors (Lipinski definition) is 0. The second-order valence-electron chi connectivity index (χ2n) is 1.71. The van der Waals surface area contributed by atoms with E-state index in [1.54, 1.807) is 0 Å². The average Bonchev–Trinajstić information content (AvgIpc) is 2.15. The summed E-state index contributed by atoms with van der Waals surface area (Å²) in [5.74, 6) is 0. The molecule has 0 aromatic carbocycles. The van der Waals surface area contributed by atoms with Crippen molar-refractivity contribution in [2.24, 2.45) is 0 Å². The van der Waals surface area contributed by atoms with Crippen LogP contribution in [0.25, 0.3) is 0 Å². The number of aldehydes is 1. The minimum atomic E-state index is 0.599. The molecule has 0 amide bonds. The normalized spacial score (nSPS) is 9.56. The molecule has 0 aliphatic rings. The third-order valence-corrected chi connectivity index (χ3v) is 1.93. The number of carbonyl (C=O) groups excluding carboxylic acids is 1. The Labute approximate surface area is 61.0 Å². The molecule has 0 aliphatic carbocycles. The predicted molar refractivity (Wildman–Crippen MR) is 36.5 cm³/mol. The van der Waals surface area contributed by atoms with Crippen molar-refractivity contribution in [1.29, 1.82) is 0 Å². The summed E-state index contributed by atoms with van der Waals surface area (Å²) in [7, 11) is 0. The predicted octanol–water partition coefficient (Wildman–Crippen LogP) is 2.16. The average molecular weight is 189 g/mol. The Hall–Kier alpha value is -0.570. The number of hydrogen-bond acceptors (Lipinski definition) is 2. The van der Waals surface area contributed by atoms with Crippen molar-refractivity contribution in [3.63, 3.8) is 0 Å². The zero-order valence-corrected chi connectivity index (χ0v) is 6.44. The van der Waals surface area contributed by atoms with Gasteiger partial charge < -0.3 is 4.42 Å². The molecule has 48 valence electrons. The zero-order chi connectivity index (χ0) is 6.85. The van der Waals surface area contributed by atoms with Crippen molar-refractivity contribution in [1.82, 2.24) is 0 Å². The van der Waals surface area contributed by atoms with Gasteiger partial charge in [-0.25, -0.2) is 0 Å². The van der Waals surface area contributed by atoms with Crippen molar-refractivity contribution >= 4 is 22.2 Å².